The fourth-order valence-electron chi connectivity index (χ4n) is 4.24. The normalized spacial score (nSPS) is 13.1. The van der Waals surface area contributed by atoms with Gasteiger partial charge in [0.25, 0.3) is 0 Å². The topological polar surface area (TPSA) is 25.2 Å². The molecule has 29 heavy (non-hydrogen) atoms. The van der Waals surface area contributed by atoms with Gasteiger partial charge in [-0.15, -0.1) is 0 Å². The van der Waals surface area contributed by atoms with Crippen LogP contribution in [0.2, 0.25) is 0 Å². The van der Waals surface area contributed by atoms with Gasteiger partial charge in [-0.3, -0.25) is 4.79 Å². The van der Waals surface area contributed by atoms with Gasteiger partial charge in [0, 0.05) is 35.9 Å². The third-order valence-electron chi connectivity index (χ3n) is 5.67. The Kier molecular flexibility index (Phi) is 4.39. The van der Waals surface area contributed by atoms with Crippen molar-refractivity contribution in [1.29, 1.82) is 0 Å². The molecule has 0 bridgehead atoms. The number of amides is 1. The number of carbonyl (C=O) groups is 1. The summed E-state index contributed by atoms with van der Waals surface area (Å²) in [6.07, 6.45) is 3.34. The van der Waals surface area contributed by atoms with Gasteiger partial charge < -0.3 is 9.47 Å². The van der Waals surface area contributed by atoms with E-state index in [9.17, 15) is 9.18 Å². The molecule has 3 nitrogen and oxygen atoms in total. The third-order valence-corrected chi connectivity index (χ3v) is 5.67. The van der Waals surface area contributed by atoms with Crippen LogP contribution < -0.4 is 4.90 Å². The SMILES string of the molecule is O=C(Cc1cn(Cc2ccc(F)cc2)c2ccccc12)N1CCc2ccccc21. The molecule has 1 aliphatic heterocycles. The Morgan fingerprint density at radius 3 is 2.55 bits per heavy atom. The average molecular weight is 384 g/mol. The number of benzene rings is 3. The van der Waals surface area contributed by atoms with Crippen molar-refractivity contribution in [2.45, 2.75) is 19.4 Å². The summed E-state index contributed by atoms with van der Waals surface area (Å²) in [5, 5.41) is 1.09. The van der Waals surface area contributed by atoms with Gasteiger partial charge in [-0.05, 0) is 47.4 Å². The van der Waals surface area contributed by atoms with Crippen molar-refractivity contribution in [3.8, 4) is 0 Å². The molecule has 0 radical (unpaired) electrons. The Hall–Kier alpha value is -3.40. The van der Waals surface area contributed by atoms with Crippen LogP contribution in [0.4, 0.5) is 10.1 Å². The largest absolute Gasteiger partial charge is 0.343 e. The van der Waals surface area contributed by atoms with Crippen molar-refractivity contribution in [3.63, 3.8) is 0 Å². The summed E-state index contributed by atoms with van der Waals surface area (Å²) in [6, 6.07) is 22.8. The molecule has 0 N–H and O–H groups in total. The van der Waals surface area contributed by atoms with Crippen molar-refractivity contribution < 1.29 is 9.18 Å². The molecular weight excluding hydrogens is 363 g/mol. The second kappa shape index (κ2) is 7.21. The van der Waals surface area contributed by atoms with Gasteiger partial charge in [0.1, 0.15) is 5.82 Å². The van der Waals surface area contributed by atoms with Gasteiger partial charge in [-0.25, -0.2) is 4.39 Å². The highest BCUT2D eigenvalue weighted by atomic mass is 19.1. The van der Waals surface area contributed by atoms with Crippen molar-refractivity contribution in [3.05, 3.63) is 102 Å². The predicted molar refractivity (Wildman–Crippen MR) is 114 cm³/mol. The molecule has 0 saturated heterocycles. The van der Waals surface area contributed by atoms with Gasteiger partial charge in [-0.2, -0.15) is 0 Å². The van der Waals surface area contributed by atoms with Crippen molar-refractivity contribution in [2.75, 3.05) is 11.4 Å². The standard InChI is InChI=1S/C25H21FN2O/c26-21-11-9-18(10-12-21)16-27-17-20(22-6-2-4-8-24(22)27)15-25(29)28-14-13-19-5-1-3-7-23(19)28/h1-12,17H,13-16H2. The lowest BCUT2D eigenvalue weighted by molar-refractivity contribution is -0.117. The fraction of sp³-hybridized carbons (Fsp3) is 0.160. The minimum atomic E-state index is -0.233. The van der Waals surface area contributed by atoms with E-state index in [2.05, 4.69) is 29.0 Å². The van der Waals surface area contributed by atoms with E-state index in [4.69, 9.17) is 0 Å². The molecule has 0 atom stereocenters. The smallest absolute Gasteiger partial charge is 0.231 e. The van der Waals surface area contributed by atoms with Crippen LogP contribution in [-0.4, -0.2) is 17.0 Å². The first kappa shape index (κ1) is 17.7. The van der Waals surface area contributed by atoms with E-state index < -0.39 is 0 Å². The molecule has 0 fully saturated rings. The molecule has 0 unspecified atom stereocenters. The molecule has 1 aliphatic rings. The number of aromatic nitrogens is 1. The summed E-state index contributed by atoms with van der Waals surface area (Å²) < 4.78 is 15.4. The van der Waals surface area contributed by atoms with Crippen LogP contribution in [0, 0.1) is 5.82 Å². The summed E-state index contributed by atoms with van der Waals surface area (Å²) in [5.41, 5.74) is 5.41. The Labute approximate surface area is 169 Å². The zero-order chi connectivity index (χ0) is 19.8. The molecule has 4 aromatic rings. The van der Waals surface area contributed by atoms with Crippen LogP contribution in [0.15, 0.2) is 79.0 Å². The second-order valence-corrected chi connectivity index (χ2v) is 7.53. The molecule has 0 saturated carbocycles. The lowest BCUT2D eigenvalue weighted by Crippen LogP contribution is -2.30. The zero-order valence-corrected chi connectivity index (χ0v) is 16.0. The first-order valence-corrected chi connectivity index (χ1v) is 9.88. The van der Waals surface area contributed by atoms with E-state index in [0.29, 0.717) is 13.0 Å². The quantitative estimate of drug-likeness (QED) is 0.488. The second-order valence-electron chi connectivity index (χ2n) is 7.53. The van der Waals surface area contributed by atoms with E-state index >= 15 is 0 Å². The molecule has 1 amide bonds. The van der Waals surface area contributed by atoms with Gasteiger partial charge in [-0.1, -0.05) is 48.5 Å². The van der Waals surface area contributed by atoms with E-state index in [1.165, 1.54) is 17.7 Å². The Morgan fingerprint density at radius 1 is 0.931 bits per heavy atom. The highest BCUT2D eigenvalue weighted by Crippen LogP contribution is 2.29. The van der Waals surface area contributed by atoms with Crippen molar-refractivity contribution >= 4 is 22.5 Å². The summed E-state index contributed by atoms with van der Waals surface area (Å²) in [7, 11) is 0. The van der Waals surface area contributed by atoms with Crippen LogP contribution in [0.1, 0.15) is 16.7 Å². The summed E-state index contributed by atoms with van der Waals surface area (Å²) in [5.74, 6) is -0.108. The van der Waals surface area contributed by atoms with E-state index in [0.717, 1.165) is 40.7 Å². The molecule has 5 rings (SSSR count). The summed E-state index contributed by atoms with van der Waals surface area (Å²) in [4.78, 5) is 15.0. The van der Waals surface area contributed by atoms with Crippen molar-refractivity contribution in [2.24, 2.45) is 0 Å². The van der Waals surface area contributed by atoms with Gasteiger partial charge in [0.2, 0.25) is 5.91 Å². The molecule has 144 valence electrons. The number of carbonyl (C=O) groups excluding carboxylic acids is 1. The fourth-order valence-corrected chi connectivity index (χ4v) is 4.24. The number of anilines is 1. The molecule has 0 spiro atoms. The minimum Gasteiger partial charge on any atom is -0.343 e. The number of halogens is 1. The van der Waals surface area contributed by atoms with Crippen LogP contribution in [0.3, 0.4) is 0 Å². The highest BCUT2D eigenvalue weighted by Gasteiger charge is 2.25. The Bertz CT molecular complexity index is 1190. The van der Waals surface area contributed by atoms with Gasteiger partial charge >= 0.3 is 0 Å². The molecular formula is C25H21FN2O. The van der Waals surface area contributed by atoms with Gasteiger partial charge in [0.15, 0.2) is 0 Å². The maximum atomic E-state index is 13.2. The van der Waals surface area contributed by atoms with Crippen LogP contribution in [0.25, 0.3) is 10.9 Å². The number of hydrogen-bond donors (Lipinski definition) is 0. The minimum absolute atomic E-state index is 0.125. The lowest BCUT2D eigenvalue weighted by Gasteiger charge is -2.17. The number of nitrogens with zero attached hydrogens (tertiary/aromatic N) is 2. The zero-order valence-electron chi connectivity index (χ0n) is 16.0. The van der Waals surface area contributed by atoms with Crippen LogP contribution in [0.5, 0.6) is 0 Å². The monoisotopic (exact) mass is 384 g/mol. The molecule has 3 aromatic carbocycles. The summed E-state index contributed by atoms with van der Waals surface area (Å²) in [6.45, 7) is 1.38. The van der Waals surface area contributed by atoms with Gasteiger partial charge in [0.05, 0.1) is 6.42 Å². The van der Waals surface area contributed by atoms with Crippen LogP contribution >= 0.6 is 0 Å². The molecule has 4 heteroatoms. The van der Waals surface area contributed by atoms with E-state index in [1.54, 1.807) is 12.1 Å². The highest BCUT2D eigenvalue weighted by molar-refractivity contribution is 5.99. The molecule has 2 heterocycles. The predicted octanol–water partition coefficient (Wildman–Crippen LogP) is 4.96. The van der Waals surface area contributed by atoms with E-state index in [1.807, 2.05) is 35.2 Å². The lowest BCUT2D eigenvalue weighted by atomic mass is 10.1. The van der Waals surface area contributed by atoms with E-state index in [-0.39, 0.29) is 11.7 Å². The Balaban J connectivity index is 1.45. The number of para-hydroxylation sites is 2. The number of rotatable bonds is 4. The van der Waals surface area contributed by atoms with Crippen molar-refractivity contribution in [1.82, 2.24) is 4.57 Å². The van der Waals surface area contributed by atoms with Crippen LogP contribution in [-0.2, 0) is 24.2 Å². The molecule has 1 aromatic heterocycles. The third kappa shape index (κ3) is 3.31. The average Bonchev–Trinajstić information content (AvgIpc) is 3.32. The maximum Gasteiger partial charge on any atom is 0.231 e. The first-order chi connectivity index (χ1) is 14.2. The Morgan fingerprint density at radius 2 is 1.69 bits per heavy atom. The maximum absolute atomic E-state index is 13.2. The number of hydrogen-bond acceptors (Lipinski definition) is 1. The summed E-state index contributed by atoms with van der Waals surface area (Å²) >= 11 is 0. The number of fused-ring (bicyclic) bond motifs is 2. The first-order valence-electron chi connectivity index (χ1n) is 9.88. The molecule has 0 aliphatic carbocycles.